The molecule has 32 heavy (non-hydrogen) atoms. The number of thiazole rings is 1. The summed E-state index contributed by atoms with van der Waals surface area (Å²) in [4.78, 5) is 28.7. The van der Waals surface area contributed by atoms with Gasteiger partial charge >= 0.3 is 0 Å². The van der Waals surface area contributed by atoms with Crippen LogP contribution in [0, 0.1) is 5.92 Å². The number of benzene rings is 1. The van der Waals surface area contributed by atoms with Crippen LogP contribution in [0.15, 0.2) is 30.6 Å². The zero-order chi connectivity index (χ0) is 22.2. The molecule has 0 spiro atoms. The van der Waals surface area contributed by atoms with E-state index in [0.717, 1.165) is 69.3 Å². The van der Waals surface area contributed by atoms with Crippen LogP contribution in [-0.2, 0) is 18.4 Å². The van der Waals surface area contributed by atoms with Crippen LogP contribution in [0.2, 0.25) is 0 Å². The molecule has 5 rings (SSSR count). The van der Waals surface area contributed by atoms with Crippen molar-refractivity contribution in [1.29, 1.82) is 0 Å². The highest BCUT2D eigenvalue weighted by Gasteiger charge is 2.23. The first kappa shape index (κ1) is 20.8. The molecule has 1 unspecified atom stereocenters. The maximum atomic E-state index is 12.5. The highest BCUT2D eigenvalue weighted by molar-refractivity contribution is 7.22. The number of nitrogens with one attached hydrogen (secondary N) is 2. The Morgan fingerprint density at radius 3 is 2.78 bits per heavy atom. The molecular weight excluding hydrogens is 422 g/mol. The van der Waals surface area contributed by atoms with Crippen molar-refractivity contribution in [1.82, 2.24) is 29.7 Å². The first-order valence-electron chi connectivity index (χ1n) is 10.9. The fraction of sp³-hybridized carbons (Fsp3) is 0.391. The number of pyridine rings is 1. The van der Waals surface area contributed by atoms with E-state index in [1.165, 1.54) is 0 Å². The van der Waals surface area contributed by atoms with E-state index < -0.39 is 0 Å². The van der Waals surface area contributed by atoms with E-state index >= 15 is 0 Å². The summed E-state index contributed by atoms with van der Waals surface area (Å²) >= 11 is 1.62. The molecule has 3 aromatic heterocycles. The summed E-state index contributed by atoms with van der Waals surface area (Å²) < 4.78 is 3.04. The van der Waals surface area contributed by atoms with Gasteiger partial charge in [-0.2, -0.15) is 0 Å². The molecule has 1 fully saturated rings. The van der Waals surface area contributed by atoms with Gasteiger partial charge in [0.1, 0.15) is 15.2 Å². The van der Waals surface area contributed by atoms with E-state index in [1.54, 1.807) is 17.7 Å². The summed E-state index contributed by atoms with van der Waals surface area (Å²) in [6, 6.07) is 8.24. The Bertz CT molecular complexity index is 1280. The van der Waals surface area contributed by atoms with Gasteiger partial charge in [-0.1, -0.05) is 24.3 Å². The zero-order valence-electron chi connectivity index (χ0n) is 18.6. The molecule has 4 aromatic rings. The Balaban J connectivity index is 1.34. The Kier molecular flexibility index (Phi) is 5.52. The molecule has 0 bridgehead atoms. The van der Waals surface area contributed by atoms with Crippen LogP contribution in [0.5, 0.6) is 0 Å². The van der Waals surface area contributed by atoms with E-state index in [4.69, 9.17) is 4.98 Å². The quantitative estimate of drug-likeness (QED) is 0.486. The van der Waals surface area contributed by atoms with E-state index in [1.807, 2.05) is 18.7 Å². The molecular formula is C23H27N7OS. The monoisotopic (exact) mass is 449 g/mol. The van der Waals surface area contributed by atoms with E-state index in [-0.39, 0.29) is 11.8 Å². The fourth-order valence-electron chi connectivity index (χ4n) is 4.35. The second-order valence-corrected chi connectivity index (χ2v) is 9.45. The summed E-state index contributed by atoms with van der Waals surface area (Å²) in [5.41, 5.74) is 4.73. The predicted molar refractivity (Wildman–Crippen MR) is 129 cm³/mol. The molecule has 2 N–H and O–H groups in total. The summed E-state index contributed by atoms with van der Waals surface area (Å²) in [6.45, 7) is 2.46. The van der Waals surface area contributed by atoms with E-state index in [2.05, 4.69) is 56.8 Å². The number of piperidine rings is 1. The molecule has 1 aromatic carbocycles. The Labute approximate surface area is 190 Å². The Hall–Kier alpha value is -3.04. The SMILES string of the molecule is CNc1nc2nc(-c3ccc(CNC(=O)C4CCCN(C)C4)cc3)sc2c2c1ncn2C. The number of amides is 1. The van der Waals surface area contributed by atoms with Gasteiger partial charge in [0.2, 0.25) is 5.91 Å². The first-order valence-corrected chi connectivity index (χ1v) is 11.7. The molecule has 0 saturated carbocycles. The maximum absolute atomic E-state index is 12.5. The van der Waals surface area contributed by atoms with Crippen LogP contribution < -0.4 is 10.6 Å². The molecule has 0 radical (unpaired) electrons. The van der Waals surface area contributed by atoms with Gasteiger partial charge in [0.25, 0.3) is 0 Å². The lowest BCUT2D eigenvalue weighted by atomic mass is 9.97. The van der Waals surface area contributed by atoms with Crippen molar-refractivity contribution in [3.8, 4) is 10.6 Å². The maximum Gasteiger partial charge on any atom is 0.224 e. The lowest BCUT2D eigenvalue weighted by Crippen LogP contribution is -2.41. The topological polar surface area (TPSA) is 88.0 Å². The highest BCUT2D eigenvalue weighted by atomic mass is 32.1. The van der Waals surface area contributed by atoms with Crippen molar-refractivity contribution < 1.29 is 4.79 Å². The number of carbonyl (C=O) groups excluding carboxylic acids is 1. The van der Waals surface area contributed by atoms with Crippen LogP contribution >= 0.6 is 11.3 Å². The van der Waals surface area contributed by atoms with Gasteiger partial charge in [0, 0.05) is 32.7 Å². The Morgan fingerprint density at radius 1 is 1.22 bits per heavy atom. The fourth-order valence-corrected chi connectivity index (χ4v) is 5.45. The number of nitrogens with zero attached hydrogens (tertiary/aromatic N) is 5. The number of hydrogen-bond acceptors (Lipinski definition) is 7. The second-order valence-electron chi connectivity index (χ2n) is 8.45. The smallest absolute Gasteiger partial charge is 0.224 e. The summed E-state index contributed by atoms with van der Waals surface area (Å²) in [6.07, 6.45) is 3.86. The standard InChI is InChI=1S/C23H27N7OS/c1-24-20-17-18(30(3)13-26-17)19-21(27-20)28-23(32-19)15-8-6-14(7-9-15)11-25-22(31)16-5-4-10-29(2)12-16/h6-9,13,16H,4-5,10-12H2,1-3H3,(H,24,27)(H,25,31). The second kappa shape index (κ2) is 8.48. The number of likely N-dealkylation sites (tertiary alicyclic amines) is 1. The molecule has 1 atom stereocenters. The molecule has 0 aliphatic carbocycles. The van der Waals surface area contributed by atoms with Crippen molar-refractivity contribution >= 4 is 44.4 Å². The minimum absolute atomic E-state index is 0.0922. The van der Waals surface area contributed by atoms with Crippen molar-refractivity contribution in [3.63, 3.8) is 0 Å². The number of rotatable bonds is 5. The predicted octanol–water partition coefficient (Wildman–Crippen LogP) is 3.24. The average Bonchev–Trinajstić information content (AvgIpc) is 3.40. The lowest BCUT2D eigenvalue weighted by Gasteiger charge is -2.28. The van der Waals surface area contributed by atoms with Crippen molar-refractivity contribution in [2.75, 3.05) is 32.5 Å². The average molecular weight is 450 g/mol. The first-order chi connectivity index (χ1) is 15.5. The van der Waals surface area contributed by atoms with E-state index in [0.29, 0.717) is 6.54 Å². The third kappa shape index (κ3) is 3.82. The molecule has 8 nitrogen and oxygen atoms in total. The molecule has 1 aliphatic rings. The van der Waals surface area contributed by atoms with Crippen LogP contribution in [0.1, 0.15) is 18.4 Å². The lowest BCUT2D eigenvalue weighted by molar-refractivity contribution is -0.126. The van der Waals surface area contributed by atoms with Gasteiger partial charge in [0.05, 0.1) is 17.8 Å². The van der Waals surface area contributed by atoms with Gasteiger partial charge in [-0.25, -0.2) is 15.0 Å². The van der Waals surface area contributed by atoms with Crippen molar-refractivity contribution in [2.45, 2.75) is 19.4 Å². The van der Waals surface area contributed by atoms with Gasteiger partial charge in [-0.15, -0.1) is 11.3 Å². The number of aromatic nitrogens is 4. The summed E-state index contributed by atoms with van der Waals surface area (Å²) in [5.74, 6) is 0.980. The van der Waals surface area contributed by atoms with Crippen molar-refractivity contribution in [3.05, 3.63) is 36.2 Å². The van der Waals surface area contributed by atoms with Gasteiger partial charge < -0.3 is 20.1 Å². The molecule has 9 heteroatoms. The number of anilines is 1. The molecule has 1 aliphatic heterocycles. The number of fused-ring (bicyclic) bond motifs is 3. The number of imidazole rings is 1. The van der Waals surface area contributed by atoms with Gasteiger partial charge in [-0.3, -0.25) is 4.79 Å². The third-order valence-electron chi connectivity index (χ3n) is 6.10. The largest absolute Gasteiger partial charge is 0.371 e. The third-order valence-corrected chi connectivity index (χ3v) is 7.20. The van der Waals surface area contributed by atoms with Gasteiger partial charge in [0.15, 0.2) is 11.5 Å². The molecule has 1 saturated heterocycles. The van der Waals surface area contributed by atoms with Crippen LogP contribution in [0.4, 0.5) is 5.82 Å². The minimum Gasteiger partial charge on any atom is -0.371 e. The van der Waals surface area contributed by atoms with Gasteiger partial charge in [-0.05, 0) is 32.0 Å². The molecule has 4 heterocycles. The van der Waals surface area contributed by atoms with Crippen LogP contribution in [-0.4, -0.2) is 57.5 Å². The highest BCUT2D eigenvalue weighted by Crippen LogP contribution is 2.36. The molecule has 166 valence electrons. The number of hydrogen-bond donors (Lipinski definition) is 2. The molecule has 1 amide bonds. The zero-order valence-corrected chi connectivity index (χ0v) is 19.4. The number of aryl methyl sites for hydroxylation is 1. The van der Waals surface area contributed by atoms with Crippen LogP contribution in [0.25, 0.3) is 32.0 Å². The van der Waals surface area contributed by atoms with E-state index in [9.17, 15) is 4.79 Å². The van der Waals surface area contributed by atoms with Crippen molar-refractivity contribution in [2.24, 2.45) is 13.0 Å². The normalized spacial score (nSPS) is 17.2. The van der Waals surface area contributed by atoms with Crippen LogP contribution in [0.3, 0.4) is 0 Å². The summed E-state index contributed by atoms with van der Waals surface area (Å²) in [7, 11) is 5.91. The minimum atomic E-state index is 0.0922. The Morgan fingerprint density at radius 2 is 2.03 bits per heavy atom. The number of carbonyl (C=O) groups is 1. The summed E-state index contributed by atoms with van der Waals surface area (Å²) in [5, 5.41) is 7.14.